The zero-order valence-corrected chi connectivity index (χ0v) is 19.8. The van der Waals surface area contributed by atoms with Gasteiger partial charge in [-0.1, -0.05) is 44.2 Å². The van der Waals surface area contributed by atoms with E-state index in [-0.39, 0.29) is 29.1 Å². The summed E-state index contributed by atoms with van der Waals surface area (Å²) in [5.74, 6) is -0.136. The Balaban J connectivity index is 1.57. The number of benzene rings is 1. The smallest absolute Gasteiger partial charge is 0.244 e. The van der Waals surface area contributed by atoms with Gasteiger partial charge in [0.2, 0.25) is 10.0 Å². The van der Waals surface area contributed by atoms with Gasteiger partial charge in [-0.25, -0.2) is 8.42 Å². The van der Waals surface area contributed by atoms with Gasteiger partial charge < -0.3 is 0 Å². The van der Waals surface area contributed by atoms with Crippen LogP contribution in [0.4, 0.5) is 0 Å². The van der Waals surface area contributed by atoms with Crippen LogP contribution >= 0.6 is 0 Å². The molecule has 33 heavy (non-hydrogen) atoms. The molecule has 3 aromatic rings. The van der Waals surface area contributed by atoms with Gasteiger partial charge in [0.15, 0.2) is 0 Å². The van der Waals surface area contributed by atoms with Crippen LogP contribution in [0.25, 0.3) is 11.1 Å². The van der Waals surface area contributed by atoms with Crippen molar-refractivity contribution in [3.63, 3.8) is 0 Å². The van der Waals surface area contributed by atoms with Crippen LogP contribution in [-0.2, 0) is 14.8 Å². The van der Waals surface area contributed by atoms with Crippen LogP contribution in [0.1, 0.15) is 38.2 Å². The SMILES string of the molecule is CC(C)CC(C(=O)C1CCN(S(=O)(=O)c2cccnc2)C1)c1cccc(-c2cccnc2)c1. The summed E-state index contributed by atoms with van der Waals surface area (Å²) in [6.45, 7) is 4.78. The molecule has 2 unspecified atom stereocenters. The van der Waals surface area contributed by atoms with Gasteiger partial charge in [-0.15, -0.1) is 0 Å². The van der Waals surface area contributed by atoms with Crippen molar-refractivity contribution in [1.82, 2.24) is 14.3 Å². The minimum atomic E-state index is -3.65. The van der Waals surface area contributed by atoms with Crippen molar-refractivity contribution >= 4 is 15.8 Å². The highest BCUT2D eigenvalue weighted by atomic mass is 32.2. The van der Waals surface area contributed by atoms with Crippen LogP contribution in [0, 0.1) is 11.8 Å². The highest BCUT2D eigenvalue weighted by Gasteiger charge is 2.38. The second-order valence-corrected chi connectivity index (χ2v) is 10.9. The Labute approximate surface area is 195 Å². The summed E-state index contributed by atoms with van der Waals surface area (Å²) in [7, 11) is -3.65. The fraction of sp³-hybridized carbons (Fsp3) is 0.346. The Hall–Kier alpha value is -2.90. The molecule has 0 aliphatic carbocycles. The van der Waals surface area contributed by atoms with Gasteiger partial charge in [-0.2, -0.15) is 4.31 Å². The Morgan fingerprint density at radius 1 is 1.03 bits per heavy atom. The number of carbonyl (C=O) groups excluding carboxylic acids is 1. The first-order valence-corrected chi connectivity index (χ1v) is 12.7. The van der Waals surface area contributed by atoms with Crippen molar-refractivity contribution in [3.8, 4) is 11.1 Å². The molecule has 3 heterocycles. The molecule has 2 aromatic heterocycles. The molecule has 0 spiro atoms. The van der Waals surface area contributed by atoms with Crippen molar-refractivity contribution < 1.29 is 13.2 Å². The van der Waals surface area contributed by atoms with Gasteiger partial charge in [0.05, 0.1) is 0 Å². The van der Waals surface area contributed by atoms with Crippen molar-refractivity contribution in [3.05, 3.63) is 78.9 Å². The quantitative estimate of drug-likeness (QED) is 0.489. The molecule has 1 fully saturated rings. The molecule has 1 aromatic carbocycles. The van der Waals surface area contributed by atoms with Crippen molar-refractivity contribution in [2.75, 3.05) is 13.1 Å². The summed E-state index contributed by atoms with van der Waals surface area (Å²) in [6.07, 6.45) is 7.72. The highest BCUT2D eigenvalue weighted by Crippen LogP contribution is 2.34. The maximum atomic E-state index is 13.7. The number of aromatic nitrogens is 2. The largest absolute Gasteiger partial charge is 0.299 e. The van der Waals surface area contributed by atoms with E-state index in [0.29, 0.717) is 18.9 Å². The van der Waals surface area contributed by atoms with E-state index in [2.05, 4.69) is 29.9 Å². The van der Waals surface area contributed by atoms with Crippen LogP contribution in [0.5, 0.6) is 0 Å². The van der Waals surface area contributed by atoms with Gasteiger partial charge in [0, 0.05) is 49.7 Å². The number of carbonyl (C=O) groups is 1. The lowest BCUT2D eigenvalue weighted by atomic mass is 9.81. The predicted molar refractivity (Wildman–Crippen MR) is 128 cm³/mol. The molecule has 1 aliphatic heterocycles. The van der Waals surface area contributed by atoms with E-state index < -0.39 is 10.0 Å². The molecule has 1 saturated heterocycles. The number of hydrogen-bond donors (Lipinski definition) is 0. The van der Waals surface area contributed by atoms with Crippen molar-refractivity contribution in [1.29, 1.82) is 0 Å². The van der Waals surface area contributed by atoms with E-state index in [1.807, 2.05) is 36.5 Å². The average Bonchev–Trinajstić information content (AvgIpc) is 3.35. The molecule has 0 bridgehead atoms. The normalized spacial score (nSPS) is 17.8. The molecule has 0 radical (unpaired) electrons. The summed E-state index contributed by atoms with van der Waals surface area (Å²) in [5, 5.41) is 0. The van der Waals surface area contributed by atoms with E-state index >= 15 is 0 Å². The molecular weight excluding hydrogens is 434 g/mol. The standard InChI is InChI=1S/C26H29N3O3S/c1-19(2)14-25(21-7-3-6-20(15-21)22-8-4-11-27-16-22)26(30)23-10-13-29(18-23)33(31,32)24-9-5-12-28-17-24/h3-9,11-12,15-17,19,23,25H,10,13-14,18H2,1-2H3. The summed E-state index contributed by atoms with van der Waals surface area (Å²) in [4.78, 5) is 22.0. The molecule has 0 N–H and O–H groups in total. The summed E-state index contributed by atoms with van der Waals surface area (Å²) in [5.41, 5.74) is 3.00. The molecule has 0 saturated carbocycles. The van der Waals surface area contributed by atoms with Gasteiger partial charge >= 0.3 is 0 Å². The van der Waals surface area contributed by atoms with E-state index in [4.69, 9.17) is 0 Å². The van der Waals surface area contributed by atoms with E-state index in [1.54, 1.807) is 24.5 Å². The number of rotatable bonds is 8. The minimum Gasteiger partial charge on any atom is -0.299 e. The highest BCUT2D eigenvalue weighted by molar-refractivity contribution is 7.89. The van der Waals surface area contributed by atoms with Gasteiger partial charge in [0.1, 0.15) is 10.7 Å². The number of hydrogen-bond acceptors (Lipinski definition) is 5. The molecule has 0 amide bonds. The monoisotopic (exact) mass is 463 g/mol. The lowest BCUT2D eigenvalue weighted by Crippen LogP contribution is -2.31. The van der Waals surface area contributed by atoms with Crippen LogP contribution < -0.4 is 0 Å². The maximum Gasteiger partial charge on any atom is 0.244 e. The van der Waals surface area contributed by atoms with Gasteiger partial charge in [-0.05, 0) is 53.6 Å². The summed E-state index contributed by atoms with van der Waals surface area (Å²) < 4.78 is 27.4. The Morgan fingerprint density at radius 2 is 1.76 bits per heavy atom. The van der Waals surface area contributed by atoms with Crippen molar-refractivity contribution in [2.24, 2.45) is 11.8 Å². The molecule has 172 valence electrons. The van der Waals surface area contributed by atoms with Crippen LogP contribution in [-0.4, -0.2) is 41.6 Å². The fourth-order valence-corrected chi connectivity index (χ4v) is 5.93. The fourth-order valence-electron chi connectivity index (χ4n) is 4.47. The second kappa shape index (κ2) is 9.93. The van der Waals surface area contributed by atoms with Gasteiger partial charge in [0.25, 0.3) is 0 Å². The molecule has 4 rings (SSSR count). The predicted octanol–water partition coefficient (Wildman–Crippen LogP) is 4.55. The first kappa shape index (κ1) is 23.3. The third kappa shape index (κ3) is 5.20. The third-order valence-electron chi connectivity index (χ3n) is 6.16. The molecule has 2 atom stereocenters. The number of nitrogens with zero attached hydrogens (tertiary/aromatic N) is 3. The van der Waals surface area contributed by atoms with Crippen LogP contribution in [0.2, 0.25) is 0 Å². The lowest BCUT2D eigenvalue weighted by molar-refractivity contribution is -0.124. The molecule has 6 nitrogen and oxygen atoms in total. The van der Waals surface area contributed by atoms with E-state index in [9.17, 15) is 13.2 Å². The third-order valence-corrected chi connectivity index (χ3v) is 8.01. The topological polar surface area (TPSA) is 80.2 Å². The first-order valence-electron chi connectivity index (χ1n) is 11.3. The second-order valence-electron chi connectivity index (χ2n) is 8.99. The zero-order chi connectivity index (χ0) is 23.4. The number of sulfonamides is 1. The van der Waals surface area contributed by atoms with E-state index in [0.717, 1.165) is 23.1 Å². The average molecular weight is 464 g/mol. The minimum absolute atomic E-state index is 0.121. The van der Waals surface area contributed by atoms with Crippen LogP contribution in [0.15, 0.2) is 78.2 Å². The first-order chi connectivity index (χ1) is 15.9. The number of Topliss-reactive ketones (excluding diaryl/α,β-unsaturated/α-hetero) is 1. The molecular formula is C26H29N3O3S. The van der Waals surface area contributed by atoms with E-state index in [1.165, 1.54) is 10.5 Å². The number of pyridine rings is 2. The molecule has 1 aliphatic rings. The lowest BCUT2D eigenvalue weighted by Gasteiger charge is -2.23. The Kier molecular flexibility index (Phi) is 7.00. The Morgan fingerprint density at radius 3 is 2.42 bits per heavy atom. The van der Waals surface area contributed by atoms with Crippen LogP contribution in [0.3, 0.4) is 0 Å². The van der Waals surface area contributed by atoms with Crippen molar-refractivity contribution in [2.45, 2.75) is 37.5 Å². The summed E-state index contributed by atoms with van der Waals surface area (Å²) >= 11 is 0. The van der Waals surface area contributed by atoms with Gasteiger partial charge in [-0.3, -0.25) is 14.8 Å². The molecule has 7 heteroatoms. The Bertz CT molecular complexity index is 1200. The number of ketones is 1. The maximum absolute atomic E-state index is 13.7. The summed E-state index contributed by atoms with van der Waals surface area (Å²) in [6, 6.07) is 15.1. The zero-order valence-electron chi connectivity index (χ0n) is 19.0.